The van der Waals surface area contributed by atoms with Crippen molar-refractivity contribution in [1.29, 1.82) is 0 Å². The summed E-state index contributed by atoms with van der Waals surface area (Å²) in [5.41, 5.74) is 0.817. The second kappa shape index (κ2) is 8.01. The number of ether oxygens (including phenoxy) is 2. The van der Waals surface area contributed by atoms with E-state index in [1.54, 1.807) is 11.3 Å². The van der Waals surface area contributed by atoms with E-state index in [2.05, 4.69) is 13.0 Å². The van der Waals surface area contributed by atoms with E-state index in [1.165, 1.54) is 4.88 Å². The summed E-state index contributed by atoms with van der Waals surface area (Å²) >= 11 is 1.71. The molecule has 3 atom stereocenters. The molecule has 3 unspecified atom stereocenters. The Morgan fingerprint density at radius 3 is 2.71 bits per heavy atom. The SMILES string of the molecule is CCCCC(O)C1Oc2ccc(C(O)CCc3cccs3)cc2O1. The molecule has 1 aliphatic heterocycles. The Labute approximate surface area is 146 Å². The summed E-state index contributed by atoms with van der Waals surface area (Å²) in [7, 11) is 0. The van der Waals surface area contributed by atoms with E-state index >= 15 is 0 Å². The summed E-state index contributed by atoms with van der Waals surface area (Å²) < 4.78 is 11.4. The van der Waals surface area contributed by atoms with Crippen molar-refractivity contribution in [3.63, 3.8) is 0 Å². The molecule has 1 aromatic heterocycles. The molecule has 5 heteroatoms. The van der Waals surface area contributed by atoms with Gasteiger partial charge in [-0.1, -0.05) is 31.9 Å². The lowest BCUT2D eigenvalue weighted by molar-refractivity contribution is -0.0623. The molecule has 0 amide bonds. The minimum atomic E-state index is -0.648. The number of rotatable bonds is 8. The smallest absolute Gasteiger partial charge is 0.267 e. The summed E-state index contributed by atoms with van der Waals surface area (Å²) in [6.45, 7) is 2.09. The van der Waals surface area contributed by atoms with Gasteiger partial charge in [-0.2, -0.15) is 0 Å². The van der Waals surface area contributed by atoms with Crippen molar-refractivity contribution < 1.29 is 19.7 Å². The van der Waals surface area contributed by atoms with Crippen LogP contribution in [-0.2, 0) is 6.42 Å². The second-order valence-corrected chi connectivity index (χ2v) is 7.19. The van der Waals surface area contributed by atoms with Crippen LogP contribution >= 0.6 is 11.3 Å². The number of unbranched alkanes of at least 4 members (excludes halogenated alkanes) is 1. The van der Waals surface area contributed by atoms with Crippen LogP contribution in [0.2, 0.25) is 0 Å². The minimum Gasteiger partial charge on any atom is -0.448 e. The maximum atomic E-state index is 10.4. The zero-order valence-corrected chi connectivity index (χ0v) is 14.7. The molecule has 1 aromatic carbocycles. The molecule has 2 heterocycles. The van der Waals surface area contributed by atoms with Crippen molar-refractivity contribution in [2.75, 3.05) is 0 Å². The van der Waals surface area contributed by atoms with Crippen LogP contribution in [0.5, 0.6) is 11.5 Å². The number of aryl methyl sites for hydroxylation is 1. The lowest BCUT2D eigenvalue weighted by Crippen LogP contribution is -2.33. The Kier molecular flexibility index (Phi) is 5.76. The van der Waals surface area contributed by atoms with Gasteiger partial charge in [0.2, 0.25) is 0 Å². The van der Waals surface area contributed by atoms with Crippen LogP contribution in [0.25, 0.3) is 0 Å². The molecule has 3 rings (SSSR count). The van der Waals surface area contributed by atoms with Gasteiger partial charge in [0.25, 0.3) is 6.29 Å². The maximum Gasteiger partial charge on any atom is 0.267 e. The third kappa shape index (κ3) is 4.09. The van der Waals surface area contributed by atoms with Crippen LogP contribution < -0.4 is 9.47 Å². The highest BCUT2D eigenvalue weighted by Crippen LogP contribution is 2.38. The van der Waals surface area contributed by atoms with E-state index in [-0.39, 0.29) is 0 Å². The van der Waals surface area contributed by atoms with Gasteiger partial charge in [0, 0.05) is 4.88 Å². The maximum absolute atomic E-state index is 10.4. The molecule has 2 N–H and O–H groups in total. The Bertz CT molecular complexity index is 641. The van der Waals surface area contributed by atoms with Gasteiger partial charge in [-0.05, 0) is 48.4 Å². The first kappa shape index (κ1) is 17.3. The number of benzene rings is 1. The molecule has 2 aromatic rings. The molecule has 4 nitrogen and oxygen atoms in total. The van der Waals surface area contributed by atoms with Gasteiger partial charge >= 0.3 is 0 Å². The van der Waals surface area contributed by atoms with Gasteiger partial charge in [-0.15, -0.1) is 11.3 Å². The standard InChI is InChI=1S/C19H24O4S/c1-2-3-6-16(21)19-22-17-10-7-13(12-18(17)23-19)15(20)9-8-14-5-4-11-24-14/h4-5,7,10-12,15-16,19-21H,2-3,6,8-9H2,1H3. The van der Waals surface area contributed by atoms with E-state index in [0.717, 1.165) is 24.8 Å². The molecule has 0 radical (unpaired) electrons. The van der Waals surface area contributed by atoms with Crippen molar-refractivity contribution in [1.82, 2.24) is 0 Å². The topological polar surface area (TPSA) is 58.9 Å². The zero-order chi connectivity index (χ0) is 16.9. The van der Waals surface area contributed by atoms with E-state index in [9.17, 15) is 10.2 Å². The van der Waals surface area contributed by atoms with Gasteiger partial charge in [0.15, 0.2) is 11.5 Å². The molecular weight excluding hydrogens is 324 g/mol. The van der Waals surface area contributed by atoms with Gasteiger partial charge in [-0.3, -0.25) is 0 Å². The highest BCUT2D eigenvalue weighted by Gasteiger charge is 2.31. The fourth-order valence-corrected chi connectivity index (χ4v) is 3.53. The van der Waals surface area contributed by atoms with Crippen LogP contribution in [0.3, 0.4) is 0 Å². The molecule has 0 aliphatic carbocycles. The molecule has 0 spiro atoms. The summed E-state index contributed by atoms with van der Waals surface area (Å²) in [5.74, 6) is 1.23. The quantitative estimate of drug-likeness (QED) is 0.755. The number of thiophene rings is 1. The third-order valence-electron chi connectivity index (χ3n) is 4.25. The van der Waals surface area contributed by atoms with E-state index < -0.39 is 18.5 Å². The Hall–Kier alpha value is -1.56. The van der Waals surface area contributed by atoms with Crippen LogP contribution in [0.4, 0.5) is 0 Å². The summed E-state index contributed by atoms with van der Waals surface area (Å²) in [5, 5.41) is 22.6. The van der Waals surface area contributed by atoms with Crippen molar-refractivity contribution in [2.45, 2.75) is 57.5 Å². The van der Waals surface area contributed by atoms with Gasteiger partial charge < -0.3 is 19.7 Å². The monoisotopic (exact) mass is 348 g/mol. The fourth-order valence-electron chi connectivity index (χ4n) is 2.80. The predicted octanol–water partition coefficient (Wildman–Crippen LogP) is 4.06. The number of fused-ring (bicyclic) bond motifs is 1. The molecule has 130 valence electrons. The number of hydrogen-bond donors (Lipinski definition) is 2. The first-order valence-electron chi connectivity index (χ1n) is 8.53. The first-order chi connectivity index (χ1) is 11.7. The van der Waals surface area contributed by atoms with Gasteiger partial charge in [0.05, 0.1) is 6.10 Å². The van der Waals surface area contributed by atoms with Crippen molar-refractivity contribution >= 4 is 11.3 Å². The summed E-state index contributed by atoms with van der Waals surface area (Å²) in [4.78, 5) is 1.27. The van der Waals surface area contributed by atoms with Crippen molar-refractivity contribution in [2.24, 2.45) is 0 Å². The Balaban J connectivity index is 1.59. The summed E-state index contributed by atoms with van der Waals surface area (Å²) in [6, 6.07) is 9.60. The molecule has 1 aliphatic rings. The normalized spacial score (nSPS) is 18.5. The lowest BCUT2D eigenvalue weighted by Gasteiger charge is -2.16. The highest BCUT2D eigenvalue weighted by molar-refractivity contribution is 7.09. The second-order valence-electron chi connectivity index (χ2n) is 6.15. The predicted molar refractivity (Wildman–Crippen MR) is 94.6 cm³/mol. The zero-order valence-electron chi connectivity index (χ0n) is 13.9. The molecule has 24 heavy (non-hydrogen) atoms. The number of aliphatic hydroxyl groups is 2. The van der Waals surface area contributed by atoms with Gasteiger partial charge in [0.1, 0.15) is 6.10 Å². The largest absolute Gasteiger partial charge is 0.448 e. The van der Waals surface area contributed by atoms with Crippen LogP contribution in [-0.4, -0.2) is 22.6 Å². The molecule has 0 fully saturated rings. The number of hydrogen-bond acceptors (Lipinski definition) is 5. The minimum absolute atomic E-state index is 0.537. The van der Waals surface area contributed by atoms with Crippen LogP contribution in [0.1, 0.15) is 49.2 Å². The molecule has 0 saturated heterocycles. The summed E-state index contributed by atoms with van der Waals surface area (Å²) in [6.07, 6.45) is 2.32. The van der Waals surface area contributed by atoms with Crippen LogP contribution in [0.15, 0.2) is 35.7 Å². The van der Waals surface area contributed by atoms with E-state index in [1.807, 2.05) is 29.6 Å². The van der Waals surface area contributed by atoms with E-state index in [4.69, 9.17) is 9.47 Å². The molecule has 0 bridgehead atoms. The van der Waals surface area contributed by atoms with Crippen molar-refractivity contribution in [3.05, 3.63) is 46.2 Å². The molecular formula is C19H24O4S. The van der Waals surface area contributed by atoms with E-state index in [0.29, 0.717) is 24.3 Å². The van der Waals surface area contributed by atoms with Crippen LogP contribution in [0, 0.1) is 0 Å². The Morgan fingerprint density at radius 2 is 1.96 bits per heavy atom. The average Bonchev–Trinajstić information content (AvgIpc) is 3.25. The first-order valence-corrected chi connectivity index (χ1v) is 9.41. The highest BCUT2D eigenvalue weighted by atomic mass is 32.1. The Morgan fingerprint density at radius 1 is 1.12 bits per heavy atom. The number of aliphatic hydroxyl groups excluding tert-OH is 2. The molecule has 0 saturated carbocycles. The fraction of sp³-hybridized carbons (Fsp3) is 0.474. The van der Waals surface area contributed by atoms with Crippen molar-refractivity contribution in [3.8, 4) is 11.5 Å². The average molecular weight is 348 g/mol. The van der Waals surface area contributed by atoms with Gasteiger partial charge in [-0.25, -0.2) is 0 Å². The third-order valence-corrected chi connectivity index (χ3v) is 5.19. The lowest BCUT2D eigenvalue weighted by atomic mass is 10.0.